The van der Waals surface area contributed by atoms with Crippen LogP contribution in [-0.2, 0) is 19.0 Å². The number of carbonyl (C=O) groups is 1. The lowest BCUT2D eigenvalue weighted by Gasteiger charge is -2.40. The van der Waals surface area contributed by atoms with E-state index in [0.717, 1.165) is 25.7 Å². The SMILES string of the molecule is COCCOCOC1CCC23CC(=O)CC2CCC13C. The van der Waals surface area contributed by atoms with Crippen LogP contribution < -0.4 is 0 Å². The van der Waals surface area contributed by atoms with Gasteiger partial charge in [0.1, 0.15) is 12.6 Å². The van der Waals surface area contributed by atoms with Crippen LogP contribution in [0.15, 0.2) is 0 Å². The van der Waals surface area contributed by atoms with Crippen molar-refractivity contribution in [2.24, 2.45) is 16.7 Å². The molecule has 3 saturated carbocycles. The van der Waals surface area contributed by atoms with Gasteiger partial charge in [0.15, 0.2) is 0 Å². The number of hydrogen-bond donors (Lipinski definition) is 0. The summed E-state index contributed by atoms with van der Waals surface area (Å²) in [5.41, 5.74) is 0.412. The van der Waals surface area contributed by atoms with Crippen molar-refractivity contribution < 1.29 is 19.0 Å². The minimum Gasteiger partial charge on any atom is -0.382 e. The molecule has 0 bridgehead atoms. The Kier molecular flexibility index (Phi) is 3.91. The van der Waals surface area contributed by atoms with Crippen molar-refractivity contribution in [1.82, 2.24) is 0 Å². The van der Waals surface area contributed by atoms with E-state index < -0.39 is 0 Å². The van der Waals surface area contributed by atoms with E-state index in [1.54, 1.807) is 7.11 Å². The van der Waals surface area contributed by atoms with Crippen LogP contribution in [0, 0.1) is 16.7 Å². The Morgan fingerprint density at radius 1 is 1.25 bits per heavy atom. The third-order valence-electron chi connectivity index (χ3n) is 6.27. The highest BCUT2D eigenvalue weighted by atomic mass is 16.7. The minimum atomic E-state index is 0.175. The molecule has 0 aromatic heterocycles. The molecule has 0 saturated heterocycles. The van der Waals surface area contributed by atoms with E-state index >= 15 is 0 Å². The van der Waals surface area contributed by atoms with Crippen molar-refractivity contribution in [3.8, 4) is 0 Å². The van der Waals surface area contributed by atoms with Crippen LogP contribution in [0.2, 0.25) is 0 Å². The lowest BCUT2D eigenvalue weighted by molar-refractivity contribution is -0.136. The highest BCUT2D eigenvalue weighted by Crippen LogP contribution is 2.70. The number of carbonyl (C=O) groups excluding carboxylic acids is 1. The minimum absolute atomic E-state index is 0.175. The Balaban J connectivity index is 1.60. The molecule has 0 radical (unpaired) electrons. The van der Waals surface area contributed by atoms with E-state index in [1.165, 1.54) is 12.8 Å². The summed E-state index contributed by atoms with van der Waals surface area (Å²) in [7, 11) is 1.67. The summed E-state index contributed by atoms with van der Waals surface area (Å²) in [5, 5.41) is 0. The van der Waals surface area contributed by atoms with Crippen molar-refractivity contribution in [2.45, 2.75) is 51.6 Å². The summed E-state index contributed by atoms with van der Waals surface area (Å²) in [4.78, 5) is 11.9. The standard InChI is InChI=1S/C16H26O4/c1-15-5-3-12-9-13(17)10-16(12,15)6-4-14(15)20-11-19-8-7-18-2/h12,14H,3-11H2,1-2H3. The van der Waals surface area contributed by atoms with Crippen molar-refractivity contribution in [3.63, 3.8) is 0 Å². The fraction of sp³-hybridized carbons (Fsp3) is 0.938. The number of rotatable bonds is 6. The molecule has 4 heteroatoms. The Morgan fingerprint density at radius 3 is 2.90 bits per heavy atom. The van der Waals surface area contributed by atoms with Gasteiger partial charge < -0.3 is 14.2 Å². The number of Topliss-reactive ketones (excluding diaryl/α,β-unsaturated/α-hetero) is 1. The predicted molar refractivity (Wildman–Crippen MR) is 74.3 cm³/mol. The highest BCUT2D eigenvalue weighted by molar-refractivity contribution is 5.82. The Hall–Kier alpha value is -0.450. The van der Waals surface area contributed by atoms with Gasteiger partial charge in [-0.25, -0.2) is 0 Å². The van der Waals surface area contributed by atoms with E-state index in [0.29, 0.717) is 31.7 Å². The van der Waals surface area contributed by atoms with Crippen LogP contribution in [0.5, 0.6) is 0 Å². The fourth-order valence-corrected chi connectivity index (χ4v) is 5.17. The van der Waals surface area contributed by atoms with Crippen LogP contribution in [0.1, 0.15) is 45.4 Å². The maximum Gasteiger partial charge on any atom is 0.147 e. The van der Waals surface area contributed by atoms with Crippen LogP contribution in [0.25, 0.3) is 0 Å². The number of ether oxygens (including phenoxy) is 3. The Bertz CT molecular complexity index is 383. The summed E-state index contributed by atoms with van der Waals surface area (Å²) in [5.74, 6) is 1.08. The molecule has 3 fully saturated rings. The zero-order valence-electron chi connectivity index (χ0n) is 12.7. The first-order valence-corrected chi connectivity index (χ1v) is 7.82. The first-order valence-electron chi connectivity index (χ1n) is 7.82. The molecule has 4 unspecified atom stereocenters. The van der Waals surface area contributed by atoms with E-state index in [2.05, 4.69) is 6.92 Å². The summed E-state index contributed by atoms with van der Waals surface area (Å²) in [6.45, 7) is 3.87. The van der Waals surface area contributed by atoms with Gasteiger partial charge in [-0.1, -0.05) is 6.92 Å². The molecule has 3 aliphatic rings. The van der Waals surface area contributed by atoms with Crippen LogP contribution in [0.3, 0.4) is 0 Å². The average molecular weight is 282 g/mol. The maximum atomic E-state index is 11.9. The van der Waals surface area contributed by atoms with Gasteiger partial charge in [0.2, 0.25) is 0 Å². The molecule has 0 aliphatic heterocycles. The summed E-state index contributed by atoms with van der Waals surface area (Å²) in [6, 6.07) is 0. The molecule has 4 nitrogen and oxygen atoms in total. The summed E-state index contributed by atoms with van der Waals surface area (Å²) in [6.07, 6.45) is 6.49. The van der Waals surface area contributed by atoms with E-state index in [9.17, 15) is 4.79 Å². The summed E-state index contributed by atoms with van der Waals surface area (Å²) < 4.78 is 16.4. The predicted octanol–water partition coefficient (Wildman–Crippen LogP) is 2.55. The zero-order valence-corrected chi connectivity index (χ0v) is 12.7. The van der Waals surface area contributed by atoms with Crippen LogP contribution in [0.4, 0.5) is 0 Å². The summed E-state index contributed by atoms with van der Waals surface area (Å²) >= 11 is 0. The number of hydrogen-bond acceptors (Lipinski definition) is 4. The highest BCUT2D eigenvalue weighted by Gasteiger charge is 2.67. The zero-order chi connectivity index (χ0) is 14.2. The van der Waals surface area contributed by atoms with Crippen LogP contribution in [-0.4, -0.2) is 39.0 Å². The fourth-order valence-electron chi connectivity index (χ4n) is 5.17. The molecule has 0 aromatic rings. The molecule has 0 heterocycles. The molecule has 0 N–H and O–H groups in total. The van der Waals surface area contributed by atoms with Gasteiger partial charge in [-0.2, -0.15) is 0 Å². The van der Waals surface area contributed by atoms with Gasteiger partial charge in [0.25, 0.3) is 0 Å². The monoisotopic (exact) mass is 282 g/mol. The van der Waals surface area contributed by atoms with Crippen molar-refractivity contribution in [1.29, 1.82) is 0 Å². The Labute approximate surface area is 121 Å². The van der Waals surface area contributed by atoms with Crippen molar-refractivity contribution in [2.75, 3.05) is 27.1 Å². The molecule has 3 rings (SSSR count). The molecule has 4 atom stereocenters. The number of ketones is 1. The third-order valence-corrected chi connectivity index (χ3v) is 6.27. The smallest absolute Gasteiger partial charge is 0.147 e. The molecule has 114 valence electrons. The van der Waals surface area contributed by atoms with Gasteiger partial charge in [0, 0.05) is 25.4 Å². The number of methoxy groups -OCH3 is 1. The maximum absolute atomic E-state index is 11.9. The topological polar surface area (TPSA) is 44.8 Å². The molecule has 20 heavy (non-hydrogen) atoms. The van der Waals surface area contributed by atoms with E-state index in [-0.39, 0.29) is 16.9 Å². The lowest BCUT2D eigenvalue weighted by atomic mass is 9.66. The normalized spacial score (nSPS) is 43.0. The molecule has 0 amide bonds. The second-order valence-corrected chi connectivity index (χ2v) is 6.94. The molecular weight excluding hydrogens is 256 g/mol. The van der Waals surface area contributed by atoms with Gasteiger partial charge in [0.05, 0.1) is 19.3 Å². The first-order chi connectivity index (χ1) is 9.62. The van der Waals surface area contributed by atoms with Gasteiger partial charge in [-0.15, -0.1) is 0 Å². The van der Waals surface area contributed by atoms with Gasteiger partial charge in [-0.3, -0.25) is 4.79 Å². The van der Waals surface area contributed by atoms with Crippen molar-refractivity contribution >= 4 is 5.78 Å². The average Bonchev–Trinajstić information content (AvgIpc) is 2.96. The van der Waals surface area contributed by atoms with Crippen LogP contribution >= 0.6 is 0 Å². The molecule has 0 aromatic carbocycles. The molecule has 3 aliphatic carbocycles. The van der Waals surface area contributed by atoms with Gasteiger partial charge in [-0.05, 0) is 37.0 Å². The van der Waals surface area contributed by atoms with E-state index in [4.69, 9.17) is 14.2 Å². The third kappa shape index (κ3) is 2.04. The van der Waals surface area contributed by atoms with E-state index in [1.807, 2.05) is 0 Å². The Morgan fingerprint density at radius 2 is 2.10 bits per heavy atom. The largest absolute Gasteiger partial charge is 0.382 e. The second kappa shape index (κ2) is 5.39. The lowest BCUT2D eigenvalue weighted by Crippen LogP contribution is -2.39. The van der Waals surface area contributed by atoms with Crippen molar-refractivity contribution in [3.05, 3.63) is 0 Å². The first kappa shape index (κ1) is 14.5. The molecule has 1 spiro atoms. The molecular formula is C16H26O4. The second-order valence-electron chi connectivity index (χ2n) is 6.94. The van der Waals surface area contributed by atoms with Gasteiger partial charge >= 0.3 is 0 Å². The quantitative estimate of drug-likeness (QED) is 0.555.